The molecule has 0 radical (unpaired) electrons. The van der Waals surface area contributed by atoms with Gasteiger partial charge in [0.1, 0.15) is 11.2 Å². The summed E-state index contributed by atoms with van der Waals surface area (Å²) in [6, 6.07) is 132. The normalized spacial score (nSPS) is 14.5. The Hall–Kier alpha value is -11.9. The molecule has 4 aliphatic rings. The molecule has 1 unspecified atom stereocenters. The predicted octanol–water partition coefficient (Wildman–Crippen LogP) is 38.9. The zero-order chi connectivity index (χ0) is 97.5. The van der Waals surface area contributed by atoms with E-state index in [4.69, 9.17) is 4.42 Å². The molecule has 0 aliphatic heterocycles. The zero-order valence-corrected chi connectivity index (χ0v) is 87.1. The molecule has 0 bridgehead atoms. The van der Waals surface area contributed by atoms with E-state index in [0.29, 0.717) is 0 Å². The Morgan fingerprint density at radius 3 is 1.00 bits per heavy atom. The average Bonchev–Trinajstić information content (AvgIpc) is 1.56. The minimum atomic E-state index is -0.0786. The van der Waals surface area contributed by atoms with Crippen LogP contribution in [0.2, 0.25) is 0 Å². The van der Waals surface area contributed by atoms with Crippen LogP contribution in [0.1, 0.15) is 346 Å². The van der Waals surface area contributed by atoms with E-state index in [-0.39, 0.29) is 43.3 Å². The highest BCUT2D eigenvalue weighted by molar-refractivity contribution is 6.05. The van der Waals surface area contributed by atoms with Crippen LogP contribution in [0.3, 0.4) is 0 Å². The van der Waals surface area contributed by atoms with E-state index in [1.54, 1.807) is 0 Å². The van der Waals surface area contributed by atoms with Gasteiger partial charge >= 0.3 is 0 Å². The van der Waals surface area contributed by atoms with E-state index in [1.165, 1.54) is 289 Å². The molecule has 4 aliphatic carbocycles. The molecule has 0 spiro atoms. The van der Waals surface area contributed by atoms with Gasteiger partial charge in [0.05, 0.1) is 0 Å². The fourth-order valence-electron chi connectivity index (χ4n) is 22.5. The summed E-state index contributed by atoms with van der Waals surface area (Å²) in [5, 5.41) is 2.42. The molecule has 20 rings (SSSR count). The molecule has 710 valence electrons. The predicted molar refractivity (Wildman–Crippen MR) is 597 cm³/mol. The Balaban J connectivity index is 0.000000128. The maximum absolute atomic E-state index is 5.82. The van der Waals surface area contributed by atoms with E-state index in [9.17, 15) is 0 Å². The molecule has 0 N–H and O–H groups in total. The quantitative estimate of drug-likeness (QED) is 0.0520. The third-order valence-electron chi connectivity index (χ3n) is 30.9. The standard InChI is InChI=1S/C32H40.C29H34.C26H28.C19H22.C16H16O.C15H16/c1-4-6-8-10-16-25-22-26(17-11-9-7-5-2)24-27(23-25)32(3)30-20-14-12-18-28(30)29-19-13-15-21-31(29)32;1-5-6-7-13-20-29(22-14-9-8-10-15-22)26-17-12-11-16-24(26)25-19-18-23(21-27(25)29)28(2,3)4;1-3-4-5-6-11-20-16-18-21(19-17-20)26(2)24-14-9-7-12-22(24)23-13-8-10-15-25(23)26;1-18(2,3)13-10-11-15-14-8-6-7-9-16(14)19(4,5)17(15)12-13;1-16(2,3)11-8-9-15-13(10-11)12-6-4-5-7-14(12)17-15;1-15(2,13-9-5-3-6-10-13)14-11-7-4-8-12-14/h12-15,18-24H,4-11,16-17H2,1-3H3;8-12,14-19,21H,5-7,13,20H2,1-4H3;7-10,12-19H,3-6,11H2,1-2H3;6-12H,1-5H3;4-10H,1-3H3;3-12H,1-2H3. The first-order valence-electron chi connectivity index (χ1n) is 52.7. The van der Waals surface area contributed by atoms with E-state index in [1.807, 2.05) is 12.1 Å². The summed E-state index contributed by atoms with van der Waals surface area (Å²) in [6.07, 6.45) is 25.8. The van der Waals surface area contributed by atoms with Crippen molar-refractivity contribution in [2.45, 2.75) is 303 Å². The van der Waals surface area contributed by atoms with Crippen molar-refractivity contribution in [1.82, 2.24) is 0 Å². The number of fused-ring (bicyclic) bond motifs is 15. The summed E-state index contributed by atoms with van der Waals surface area (Å²) < 4.78 is 5.82. The SMILES string of the molecule is CC(C)(C)c1ccc2c(c1)C(C)(C)c1ccccc1-2.CC(C)(C)c1ccc2oc3ccccc3c2c1.CC(C)(c1ccccc1)c1ccccc1.CCCCCCC1(c2ccccc2)c2ccccc2-c2ccc(C(C)(C)C)cc21.CCCCCCc1cc(CCCCCC)cc(C2(C)c3ccccc3-c3ccccc32)c1.CCCCCCc1ccc(C2(C)c3ccccc3-c3ccccc32)cc1. The van der Waals surface area contributed by atoms with Crippen LogP contribution in [0.15, 0.2) is 362 Å². The van der Waals surface area contributed by atoms with Crippen molar-refractivity contribution in [3.05, 3.63) is 464 Å². The minimum Gasteiger partial charge on any atom is -0.456 e. The largest absolute Gasteiger partial charge is 0.456 e. The molecular formula is C137H156O. The Labute approximate surface area is 831 Å². The van der Waals surface area contributed by atoms with Gasteiger partial charge in [0.25, 0.3) is 0 Å². The number of benzene rings is 15. The van der Waals surface area contributed by atoms with Gasteiger partial charge in [-0.2, -0.15) is 0 Å². The summed E-state index contributed by atoms with van der Waals surface area (Å²) in [7, 11) is 0. The van der Waals surface area contributed by atoms with Crippen molar-refractivity contribution in [2.24, 2.45) is 0 Å². The van der Waals surface area contributed by atoms with Gasteiger partial charge in [-0.3, -0.25) is 0 Å². The molecule has 0 saturated heterocycles. The fourth-order valence-corrected chi connectivity index (χ4v) is 22.5. The van der Waals surface area contributed by atoms with E-state index in [0.717, 1.165) is 11.2 Å². The maximum Gasteiger partial charge on any atom is 0.135 e. The number of hydrogen-bond acceptors (Lipinski definition) is 1. The molecule has 0 amide bonds. The van der Waals surface area contributed by atoms with Crippen LogP contribution in [0, 0.1) is 0 Å². The summed E-state index contributed by atoms with van der Waals surface area (Å²) in [5.74, 6) is 0. The van der Waals surface area contributed by atoms with Crippen LogP contribution in [0.5, 0.6) is 0 Å². The molecule has 1 nitrogen and oxygen atoms in total. The second-order valence-corrected chi connectivity index (χ2v) is 44.3. The Kier molecular flexibility index (Phi) is 32.1. The summed E-state index contributed by atoms with van der Waals surface area (Å²) in [6.45, 7) is 43.7. The number of aryl methyl sites for hydroxylation is 3. The molecule has 1 heterocycles. The van der Waals surface area contributed by atoms with Crippen molar-refractivity contribution in [3.8, 4) is 44.5 Å². The summed E-state index contributed by atoms with van der Waals surface area (Å²) >= 11 is 0. The average molecular weight is 1820 g/mol. The second-order valence-electron chi connectivity index (χ2n) is 44.3. The highest BCUT2D eigenvalue weighted by Crippen LogP contribution is 2.58. The van der Waals surface area contributed by atoms with Crippen LogP contribution in [0.4, 0.5) is 0 Å². The Bertz CT molecular complexity index is 6540. The van der Waals surface area contributed by atoms with Crippen molar-refractivity contribution in [3.63, 3.8) is 0 Å². The first-order valence-corrected chi connectivity index (χ1v) is 52.7. The first-order chi connectivity index (χ1) is 66.5. The van der Waals surface area contributed by atoms with Crippen LogP contribution < -0.4 is 0 Å². The van der Waals surface area contributed by atoms with Crippen molar-refractivity contribution >= 4 is 21.9 Å². The second kappa shape index (κ2) is 44.1. The number of hydrogen-bond donors (Lipinski definition) is 0. The molecule has 15 aromatic carbocycles. The van der Waals surface area contributed by atoms with Crippen LogP contribution in [-0.2, 0) is 62.6 Å². The lowest BCUT2D eigenvalue weighted by Gasteiger charge is -2.34. The lowest BCUT2D eigenvalue weighted by Crippen LogP contribution is -2.27. The van der Waals surface area contributed by atoms with Gasteiger partial charge in [0, 0.05) is 37.8 Å². The number of unbranched alkanes of at least 4 members (excludes halogenated alkanes) is 12. The third-order valence-corrected chi connectivity index (χ3v) is 30.9. The molecule has 0 fully saturated rings. The van der Waals surface area contributed by atoms with Crippen molar-refractivity contribution in [2.75, 3.05) is 0 Å². The number of rotatable bonds is 25. The number of furan rings is 1. The highest BCUT2D eigenvalue weighted by Gasteiger charge is 2.46. The number of para-hydroxylation sites is 1. The van der Waals surface area contributed by atoms with Gasteiger partial charge in [0.2, 0.25) is 0 Å². The minimum absolute atomic E-state index is 0.0395. The molecule has 0 saturated carbocycles. The molecule has 138 heavy (non-hydrogen) atoms. The van der Waals surface area contributed by atoms with Crippen molar-refractivity contribution in [1.29, 1.82) is 0 Å². The first kappa shape index (κ1) is 101. The van der Waals surface area contributed by atoms with Gasteiger partial charge in [-0.1, -0.05) is 541 Å². The van der Waals surface area contributed by atoms with Crippen molar-refractivity contribution < 1.29 is 4.42 Å². The van der Waals surface area contributed by atoms with Crippen LogP contribution >= 0.6 is 0 Å². The molecule has 1 aromatic heterocycles. The lowest BCUT2D eigenvalue weighted by molar-refractivity contribution is 0.513. The van der Waals surface area contributed by atoms with Gasteiger partial charge in [-0.25, -0.2) is 0 Å². The van der Waals surface area contributed by atoms with E-state index < -0.39 is 0 Å². The van der Waals surface area contributed by atoms with Gasteiger partial charge < -0.3 is 4.42 Å². The molecule has 16 aromatic rings. The molecule has 1 heteroatoms. The maximum atomic E-state index is 5.82. The smallest absolute Gasteiger partial charge is 0.135 e. The summed E-state index contributed by atoms with van der Waals surface area (Å²) in [5.41, 5.74) is 41.2. The van der Waals surface area contributed by atoms with Gasteiger partial charge in [-0.05, 0) is 243 Å². The monoisotopic (exact) mass is 1820 g/mol. The highest BCUT2D eigenvalue weighted by atomic mass is 16.3. The van der Waals surface area contributed by atoms with Gasteiger partial charge in [-0.15, -0.1) is 0 Å². The van der Waals surface area contributed by atoms with E-state index >= 15 is 0 Å². The Morgan fingerprint density at radius 1 is 0.217 bits per heavy atom. The van der Waals surface area contributed by atoms with Crippen LogP contribution in [0.25, 0.3) is 66.4 Å². The zero-order valence-electron chi connectivity index (χ0n) is 87.1. The van der Waals surface area contributed by atoms with Gasteiger partial charge in [0.15, 0.2) is 0 Å². The fraction of sp³-hybridized carbons (Fsp3) is 0.343. The topological polar surface area (TPSA) is 13.1 Å². The molecular weight excluding hydrogens is 1660 g/mol. The third kappa shape index (κ3) is 21.6. The summed E-state index contributed by atoms with van der Waals surface area (Å²) in [4.78, 5) is 0. The van der Waals surface area contributed by atoms with Crippen LogP contribution in [-0.4, -0.2) is 0 Å². The van der Waals surface area contributed by atoms with E-state index in [2.05, 4.69) is 477 Å². The lowest BCUT2D eigenvalue weighted by atomic mass is 9.68. The molecule has 1 atom stereocenters. The Morgan fingerprint density at radius 2 is 0.551 bits per heavy atom.